The van der Waals surface area contributed by atoms with Gasteiger partial charge in [0.1, 0.15) is 11.6 Å². The van der Waals surface area contributed by atoms with E-state index in [0.717, 1.165) is 25.7 Å². The minimum atomic E-state index is 0.367. The molecule has 2 fully saturated rings. The monoisotopic (exact) mass is 194 g/mol. The average Bonchev–Trinajstić information content (AvgIpc) is 2.20. The Bertz CT molecular complexity index is 210. The minimum absolute atomic E-state index is 0.367. The van der Waals surface area contributed by atoms with Crippen LogP contribution in [0.3, 0.4) is 0 Å². The van der Waals surface area contributed by atoms with E-state index in [9.17, 15) is 9.59 Å². The van der Waals surface area contributed by atoms with Gasteiger partial charge in [0, 0.05) is 25.7 Å². The summed E-state index contributed by atoms with van der Waals surface area (Å²) in [6, 6.07) is 0. The molecule has 0 radical (unpaired) electrons. The first-order valence-corrected chi connectivity index (χ1v) is 5.29. The SMILES string of the molecule is C=C.O=C1CCC2CCC(=O)CC2C1. The van der Waals surface area contributed by atoms with Gasteiger partial charge in [0.05, 0.1) is 0 Å². The van der Waals surface area contributed by atoms with Crippen molar-refractivity contribution in [1.29, 1.82) is 0 Å². The lowest BCUT2D eigenvalue weighted by molar-refractivity contribution is -0.127. The Hall–Kier alpha value is -0.920. The molecule has 0 N–H and O–H groups in total. The zero-order valence-corrected chi connectivity index (χ0v) is 8.63. The van der Waals surface area contributed by atoms with E-state index in [1.54, 1.807) is 0 Å². The van der Waals surface area contributed by atoms with Gasteiger partial charge in [0.15, 0.2) is 0 Å². The van der Waals surface area contributed by atoms with E-state index in [4.69, 9.17) is 0 Å². The second-order valence-electron chi connectivity index (χ2n) is 4.08. The molecular formula is C12H18O2. The molecule has 2 heteroatoms. The van der Waals surface area contributed by atoms with Crippen molar-refractivity contribution in [2.45, 2.75) is 38.5 Å². The third-order valence-corrected chi connectivity index (χ3v) is 3.23. The van der Waals surface area contributed by atoms with Crippen molar-refractivity contribution in [1.82, 2.24) is 0 Å². The topological polar surface area (TPSA) is 34.1 Å². The molecule has 0 aromatic rings. The maximum atomic E-state index is 11.1. The Morgan fingerprint density at radius 3 is 1.71 bits per heavy atom. The molecular weight excluding hydrogens is 176 g/mol. The van der Waals surface area contributed by atoms with Crippen molar-refractivity contribution in [2.75, 3.05) is 0 Å². The number of carbonyl (C=O) groups excluding carboxylic acids is 2. The maximum Gasteiger partial charge on any atom is 0.133 e. The standard InChI is InChI=1S/C10H14O2.C2H4/c11-9-3-1-7-2-4-10(12)6-8(7)5-9;1-2/h7-8H,1-6H2;1-2H2. The molecule has 2 aliphatic rings. The molecule has 0 spiro atoms. The summed E-state index contributed by atoms with van der Waals surface area (Å²) in [4.78, 5) is 22.2. The van der Waals surface area contributed by atoms with Crippen LogP contribution in [0.5, 0.6) is 0 Å². The molecule has 14 heavy (non-hydrogen) atoms. The first-order valence-electron chi connectivity index (χ1n) is 5.29. The summed E-state index contributed by atoms with van der Waals surface area (Å²) in [5, 5.41) is 0. The first-order chi connectivity index (χ1) is 6.75. The van der Waals surface area contributed by atoms with Gasteiger partial charge >= 0.3 is 0 Å². The summed E-state index contributed by atoms with van der Waals surface area (Å²) < 4.78 is 0. The normalized spacial score (nSPS) is 31.4. The van der Waals surface area contributed by atoms with E-state index in [0.29, 0.717) is 36.2 Å². The van der Waals surface area contributed by atoms with E-state index in [2.05, 4.69) is 13.2 Å². The Labute approximate surface area is 85.4 Å². The molecule has 2 rings (SSSR count). The summed E-state index contributed by atoms with van der Waals surface area (Å²) in [5.74, 6) is 1.82. The van der Waals surface area contributed by atoms with Gasteiger partial charge in [-0.25, -0.2) is 0 Å². The Balaban J connectivity index is 0.000000461. The van der Waals surface area contributed by atoms with Crippen molar-refractivity contribution >= 4 is 11.6 Å². The molecule has 0 atom stereocenters. The molecule has 0 aromatic heterocycles. The molecule has 2 nitrogen and oxygen atoms in total. The number of hydrogen-bond donors (Lipinski definition) is 0. The molecule has 0 heterocycles. The molecule has 0 bridgehead atoms. The van der Waals surface area contributed by atoms with Crippen LogP contribution in [-0.2, 0) is 9.59 Å². The lowest BCUT2D eigenvalue weighted by Gasteiger charge is -2.33. The van der Waals surface area contributed by atoms with Crippen molar-refractivity contribution in [3.63, 3.8) is 0 Å². The molecule has 2 aliphatic carbocycles. The predicted octanol–water partition coefficient (Wildman–Crippen LogP) is 2.53. The van der Waals surface area contributed by atoms with Gasteiger partial charge in [-0.1, -0.05) is 0 Å². The van der Waals surface area contributed by atoms with Gasteiger partial charge in [-0.3, -0.25) is 9.59 Å². The van der Waals surface area contributed by atoms with Crippen molar-refractivity contribution in [3.05, 3.63) is 13.2 Å². The number of Topliss-reactive ketones (excluding diaryl/α,β-unsaturated/α-hetero) is 2. The van der Waals surface area contributed by atoms with E-state index < -0.39 is 0 Å². The first kappa shape index (κ1) is 11.2. The van der Waals surface area contributed by atoms with Crippen LogP contribution in [-0.4, -0.2) is 11.6 Å². The highest BCUT2D eigenvalue weighted by Crippen LogP contribution is 2.37. The minimum Gasteiger partial charge on any atom is -0.300 e. The Kier molecular flexibility index (Phi) is 4.05. The van der Waals surface area contributed by atoms with Gasteiger partial charge in [0.2, 0.25) is 0 Å². The van der Waals surface area contributed by atoms with Gasteiger partial charge < -0.3 is 0 Å². The average molecular weight is 194 g/mol. The van der Waals surface area contributed by atoms with E-state index in [1.165, 1.54) is 0 Å². The largest absolute Gasteiger partial charge is 0.300 e. The van der Waals surface area contributed by atoms with Crippen molar-refractivity contribution in [3.8, 4) is 0 Å². The Morgan fingerprint density at radius 2 is 1.29 bits per heavy atom. The van der Waals surface area contributed by atoms with E-state index in [1.807, 2.05) is 0 Å². The van der Waals surface area contributed by atoms with Crippen LogP contribution in [0.15, 0.2) is 13.2 Å². The van der Waals surface area contributed by atoms with Crippen LogP contribution in [0, 0.1) is 11.8 Å². The van der Waals surface area contributed by atoms with Crippen LogP contribution >= 0.6 is 0 Å². The molecule has 0 aliphatic heterocycles. The number of ketones is 2. The molecule has 0 aromatic carbocycles. The highest BCUT2D eigenvalue weighted by molar-refractivity contribution is 5.83. The smallest absolute Gasteiger partial charge is 0.133 e. The summed E-state index contributed by atoms with van der Waals surface area (Å²) in [6.07, 6.45) is 4.95. The lowest BCUT2D eigenvalue weighted by Crippen LogP contribution is -2.31. The highest BCUT2D eigenvalue weighted by Gasteiger charge is 2.33. The van der Waals surface area contributed by atoms with Crippen LogP contribution in [0.1, 0.15) is 38.5 Å². The maximum absolute atomic E-state index is 11.1. The van der Waals surface area contributed by atoms with E-state index in [-0.39, 0.29) is 0 Å². The van der Waals surface area contributed by atoms with Crippen molar-refractivity contribution < 1.29 is 9.59 Å². The molecule has 0 saturated heterocycles. The lowest BCUT2D eigenvalue weighted by atomic mass is 9.70. The highest BCUT2D eigenvalue weighted by atomic mass is 16.1. The van der Waals surface area contributed by atoms with Gasteiger partial charge in [-0.05, 0) is 24.7 Å². The second-order valence-corrected chi connectivity index (χ2v) is 4.08. The molecule has 2 saturated carbocycles. The fourth-order valence-electron chi connectivity index (χ4n) is 2.50. The van der Waals surface area contributed by atoms with Gasteiger partial charge in [0.25, 0.3) is 0 Å². The number of hydrogen-bond acceptors (Lipinski definition) is 2. The van der Waals surface area contributed by atoms with Crippen LogP contribution in [0.4, 0.5) is 0 Å². The summed E-state index contributed by atoms with van der Waals surface area (Å²) in [6.45, 7) is 6.00. The molecule has 0 unspecified atom stereocenters. The van der Waals surface area contributed by atoms with Gasteiger partial charge in [-0.2, -0.15) is 0 Å². The second kappa shape index (κ2) is 5.08. The van der Waals surface area contributed by atoms with Gasteiger partial charge in [-0.15, -0.1) is 13.2 Å². The zero-order valence-electron chi connectivity index (χ0n) is 8.63. The quantitative estimate of drug-likeness (QED) is 0.555. The summed E-state index contributed by atoms with van der Waals surface area (Å²) >= 11 is 0. The fourth-order valence-corrected chi connectivity index (χ4v) is 2.50. The number of carbonyl (C=O) groups is 2. The predicted molar refractivity (Wildman–Crippen MR) is 56.0 cm³/mol. The van der Waals surface area contributed by atoms with Crippen LogP contribution in [0.2, 0.25) is 0 Å². The van der Waals surface area contributed by atoms with E-state index >= 15 is 0 Å². The molecule has 78 valence electrons. The third kappa shape index (κ3) is 2.53. The fraction of sp³-hybridized carbons (Fsp3) is 0.667. The molecule has 0 amide bonds. The van der Waals surface area contributed by atoms with Crippen LogP contribution < -0.4 is 0 Å². The summed E-state index contributed by atoms with van der Waals surface area (Å²) in [7, 11) is 0. The third-order valence-electron chi connectivity index (χ3n) is 3.23. The number of fused-ring (bicyclic) bond motifs is 1. The van der Waals surface area contributed by atoms with Crippen molar-refractivity contribution in [2.24, 2.45) is 11.8 Å². The summed E-state index contributed by atoms with van der Waals surface area (Å²) in [5.41, 5.74) is 0. The van der Waals surface area contributed by atoms with Crippen LogP contribution in [0.25, 0.3) is 0 Å². The number of rotatable bonds is 0. The Morgan fingerprint density at radius 1 is 0.857 bits per heavy atom. The zero-order chi connectivity index (χ0) is 10.6.